The summed E-state index contributed by atoms with van der Waals surface area (Å²) in [6.45, 7) is 2.28. The number of hydrogen-bond acceptors (Lipinski definition) is 8. The van der Waals surface area contributed by atoms with Gasteiger partial charge in [-0.2, -0.15) is 4.31 Å². The van der Waals surface area contributed by atoms with E-state index in [0.29, 0.717) is 18.0 Å². The number of sulfonamides is 1. The molecule has 2 heterocycles. The Labute approximate surface area is 215 Å². The van der Waals surface area contributed by atoms with Gasteiger partial charge in [0.2, 0.25) is 15.9 Å². The maximum Gasteiger partial charge on any atom is 0.243 e. The van der Waals surface area contributed by atoms with Gasteiger partial charge < -0.3 is 10.1 Å². The van der Waals surface area contributed by atoms with Gasteiger partial charge in [0.15, 0.2) is 15.0 Å². The fourth-order valence-electron chi connectivity index (χ4n) is 4.08. The Bertz CT molecular complexity index is 1490. The summed E-state index contributed by atoms with van der Waals surface area (Å²) in [6.07, 6.45) is 1.74. The lowest BCUT2D eigenvalue weighted by Crippen LogP contribution is -2.41. The number of thiazole rings is 1. The van der Waals surface area contributed by atoms with Crippen LogP contribution in [0.5, 0.6) is 5.75 Å². The van der Waals surface area contributed by atoms with E-state index in [1.807, 2.05) is 30.5 Å². The van der Waals surface area contributed by atoms with Crippen LogP contribution in [-0.2, 0) is 24.7 Å². The molecule has 12 heteroatoms. The van der Waals surface area contributed by atoms with E-state index < -0.39 is 19.9 Å². The lowest BCUT2D eigenvalue weighted by atomic mass is 9.97. The summed E-state index contributed by atoms with van der Waals surface area (Å²) >= 11 is 1.33. The normalized spacial score (nSPS) is 15.5. The molecule has 3 aromatic rings. The van der Waals surface area contributed by atoms with Crippen molar-refractivity contribution in [3.05, 3.63) is 53.4 Å². The smallest absolute Gasteiger partial charge is 0.243 e. The summed E-state index contributed by atoms with van der Waals surface area (Å²) in [5, 5.41) is 5.21. The van der Waals surface area contributed by atoms with Crippen molar-refractivity contribution in [1.82, 2.24) is 9.29 Å². The van der Waals surface area contributed by atoms with Crippen molar-refractivity contribution in [2.75, 3.05) is 31.8 Å². The molecule has 0 spiro atoms. The first-order valence-electron chi connectivity index (χ1n) is 11.2. The SMILES string of the molecule is COc1ccc(-c2csc(NC(=O)C3CCN(S(=O)(=O)c4cccc(S(C)(=O)=O)c4)CC3)n2)cc1C. The van der Waals surface area contributed by atoms with E-state index in [1.54, 1.807) is 7.11 Å². The van der Waals surface area contributed by atoms with Gasteiger partial charge in [-0.05, 0) is 61.7 Å². The van der Waals surface area contributed by atoms with Crippen molar-refractivity contribution >= 4 is 42.2 Å². The van der Waals surface area contributed by atoms with Gasteiger partial charge >= 0.3 is 0 Å². The molecule has 1 saturated heterocycles. The number of ether oxygens (including phenoxy) is 1. The predicted octanol–water partition coefficient (Wildman–Crippen LogP) is 3.57. The molecule has 0 aliphatic carbocycles. The number of carbonyl (C=O) groups excluding carboxylic acids is 1. The minimum absolute atomic E-state index is 0.0505. The maximum absolute atomic E-state index is 13.1. The number of rotatable bonds is 7. The molecule has 1 aliphatic rings. The zero-order chi connectivity index (χ0) is 26.1. The summed E-state index contributed by atoms with van der Waals surface area (Å²) < 4.78 is 56.3. The molecule has 0 atom stereocenters. The molecule has 1 aromatic heterocycles. The fraction of sp³-hybridized carbons (Fsp3) is 0.333. The highest BCUT2D eigenvalue weighted by Gasteiger charge is 2.32. The average molecular weight is 550 g/mol. The van der Waals surface area contributed by atoms with E-state index >= 15 is 0 Å². The first kappa shape index (κ1) is 26.3. The summed E-state index contributed by atoms with van der Waals surface area (Å²) in [5.41, 5.74) is 2.65. The van der Waals surface area contributed by atoms with E-state index in [2.05, 4.69) is 10.3 Å². The number of carbonyl (C=O) groups is 1. The highest BCUT2D eigenvalue weighted by atomic mass is 32.2. The number of amides is 1. The molecule has 0 radical (unpaired) electrons. The monoisotopic (exact) mass is 549 g/mol. The Morgan fingerprint density at radius 1 is 1.08 bits per heavy atom. The van der Waals surface area contributed by atoms with Gasteiger partial charge in [0.05, 0.1) is 22.6 Å². The number of aromatic nitrogens is 1. The van der Waals surface area contributed by atoms with E-state index in [9.17, 15) is 21.6 Å². The van der Waals surface area contributed by atoms with Crippen LogP contribution in [0.15, 0.2) is 57.6 Å². The van der Waals surface area contributed by atoms with Gasteiger partial charge in [0.1, 0.15) is 5.75 Å². The van der Waals surface area contributed by atoms with Gasteiger partial charge in [0.25, 0.3) is 0 Å². The van der Waals surface area contributed by atoms with Crippen LogP contribution in [0, 0.1) is 12.8 Å². The van der Waals surface area contributed by atoms with Gasteiger partial charge in [-0.25, -0.2) is 21.8 Å². The van der Waals surface area contributed by atoms with Crippen molar-refractivity contribution in [3.8, 4) is 17.0 Å². The molecule has 0 unspecified atom stereocenters. The van der Waals surface area contributed by atoms with Crippen LogP contribution in [0.3, 0.4) is 0 Å². The molecular weight excluding hydrogens is 522 g/mol. The highest BCUT2D eigenvalue weighted by Crippen LogP contribution is 2.30. The van der Waals surface area contributed by atoms with Crippen LogP contribution < -0.4 is 10.1 Å². The second-order valence-corrected chi connectivity index (χ2v) is 13.4. The third-order valence-electron chi connectivity index (χ3n) is 6.12. The molecular formula is C24H27N3O6S3. The Balaban J connectivity index is 1.38. The molecule has 1 fully saturated rings. The van der Waals surface area contributed by atoms with Gasteiger partial charge in [-0.15, -0.1) is 11.3 Å². The van der Waals surface area contributed by atoms with Gasteiger partial charge in [0, 0.05) is 36.2 Å². The molecule has 4 rings (SSSR count). The predicted molar refractivity (Wildman–Crippen MR) is 139 cm³/mol. The third kappa shape index (κ3) is 5.61. The molecule has 36 heavy (non-hydrogen) atoms. The van der Waals surface area contributed by atoms with Crippen LogP contribution in [-0.4, -0.2) is 58.5 Å². The number of aryl methyl sites for hydroxylation is 1. The number of methoxy groups -OCH3 is 1. The quantitative estimate of drug-likeness (QED) is 0.478. The van der Waals surface area contributed by atoms with Crippen LogP contribution in [0.1, 0.15) is 18.4 Å². The second kappa shape index (κ2) is 10.3. The van der Waals surface area contributed by atoms with E-state index in [0.717, 1.165) is 28.8 Å². The van der Waals surface area contributed by atoms with Crippen LogP contribution in [0.2, 0.25) is 0 Å². The van der Waals surface area contributed by atoms with Crippen molar-refractivity contribution in [3.63, 3.8) is 0 Å². The highest BCUT2D eigenvalue weighted by molar-refractivity contribution is 7.91. The zero-order valence-corrected chi connectivity index (χ0v) is 22.5. The Morgan fingerprint density at radius 3 is 2.42 bits per heavy atom. The standard InChI is InChI=1S/C24H27N3O6S3/c1-16-13-18(7-8-22(16)33-2)21-15-34-24(25-21)26-23(28)17-9-11-27(12-10-17)36(31,32)20-6-4-5-19(14-20)35(3,29)30/h4-8,13-15,17H,9-12H2,1-3H3,(H,25,26,28). The number of anilines is 1. The number of hydrogen-bond donors (Lipinski definition) is 1. The van der Waals surface area contributed by atoms with Gasteiger partial charge in [-0.1, -0.05) is 6.07 Å². The number of nitrogens with one attached hydrogen (secondary N) is 1. The Kier molecular flexibility index (Phi) is 7.51. The molecule has 1 aliphatic heterocycles. The van der Waals surface area contributed by atoms with Crippen LogP contribution >= 0.6 is 11.3 Å². The lowest BCUT2D eigenvalue weighted by Gasteiger charge is -2.30. The maximum atomic E-state index is 13.1. The van der Waals surface area contributed by atoms with Crippen molar-refractivity contribution in [2.45, 2.75) is 29.6 Å². The lowest BCUT2D eigenvalue weighted by molar-refractivity contribution is -0.120. The molecule has 192 valence electrons. The van der Waals surface area contributed by atoms with E-state index in [4.69, 9.17) is 4.74 Å². The topological polar surface area (TPSA) is 123 Å². The van der Waals surface area contributed by atoms with Crippen molar-refractivity contribution in [1.29, 1.82) is 0 Å². The summed E-state index contributed by atoms with van der Waals surface area (Å²) in [5.74, 6) is 0.242. The zero-order valence-electron chi connectivity index (χ0n) is 20.1. The minimum Gasteiger partial charge on any atom is -0.496 e. The molecule has 1 amide bonds. The molecule has 9 nitrogen and oxygen atoms in total. The molecule has 0 bridgehead atoms. The summed E-state index contributed by atoms with van der Waals surface area (Å²) in [4.78, 5) is 17.2. The summed E-state index contributed by atoms with van der Waals surface area (Å²) in [7, 11) is -5.78. The molecule has 2 aromatic carbocycles. The van der Waals surface area contributed by atoms with Gasteiger partial charge in [-0.3, -0.25) is 4.79 Å². The molecule has 1 N–H and O–H groups in total. The van der Waals surface area contributed by atoms with Crippen LogP contribution in [0.25, 0.3) is 11.3 Å². The third-order valence-corrected chi connectivity index (χ3v) is 9.88. The van der Waals surface area contributed by atoms with Crippen molar-refractivity contribution in [2.24, 2.45) is 5.92 Å². The van der Waals surface area contributed by atoms with E-state index in [-0.39, 0.29) is 34.7 Å². The average Bonchev–Trinajstić information content (AvgIpc) is 3.32. The number of piperidine rings is 1. The number of nitrogens with zero attached hydrogens (tertiary/aromatic N) is 2. The Hall–Kier alpha value is -2.80. The second-order valence-electron chi connectivity index (χ2n) is 8.64. The minimum atomic E-state index is -3.87. The fourth-order valence-corrected chi connectivity index (χ4v) is 7.06. The van der Waals surface area contributed by atoms with Crippen molar-refractivity contribution < 1.29 is 26.4 Å². The number of benzene rings is 2. The largest absolute Gasteiger partial charge is 0.496 e. The first-order valence-corrected chi connectivity index (χ1v) is 15.4. The molecule has 0 saturated carbocycles. The van der Waals surface area contributed by atoms with E-state index in [1.165, 1.54) is 39.9 Å². The Morgan fingerprint density at radius 2 is 1.78 bits per heavy atom. The van der Waals surface area contributed by atoms with Crippen LogP contribution in [0.4, 0.5) is 5.13 Å². The summed E-state index contributed by atoms with van der Waals surface area (Å²) in [6, 6.07) is 11.1. The first-order chi connectivity index (χ1) is 17.0. The number of sulfone groups is 1.